The number of rotatable bonds is 8. The van der Waals surface area contributed by atoms with E-state index in [0.717, 1.165) is 28.1 Å². The molecule has 1 saturated heterocycles. The number of aromatic nitrogens is 3. The minimum atomic E-state index is -0.202. The number of nitrogens with one attached hydrogen (secondary N) is 1. The van der Waals surface area contributed by atoms with Crippen LogP contribution >= 0.6 is 11.8 Å². The van der Waals surface area contributed by atoms with E-state index in [-0.39, 0.29) is 12.0 Å². The van der Waals surface area contributed by atoms with Crippen LogP contribution in [0.4, 0.5) is 5.82 Å². The van der Waals surface area contributed by atoms with E-state index in [0.29, 0.717) is 44.3 Å². The van der Waals surface area contributed by atoms with Gasteiger partial charge in [-0.2, -0.15) is 0 Å². The Labute approximate surface area is 221 Å². The van der Waals surface area contributed by atoms with Crippen LogP contribution in [-0.2, 0) is 23.1 Å². The van der Waals surface area contributed by atoms with Crippen LogP contribution in [0.2, 0.25) is 0 Å². The Morgan fingerprint density at radius 2 is 1.92 bits per heavy atom. The molecule has 4 aromatic rings. The van der Waals surface area contributed by atoms with Gasteiger partial charge in [-0.25, -0.2) is 9.97 Å². The molecule has 1 unspecified atom stereocenters. The van der Waals surface area contributed by atoms with E-state index in [4.69, 9.17) is 14.5 Å². The second-order valence-corrected chi connectivity index (χ2v) is 9.88. The molecular formula is C28H31N5O3S. The van der Waals surface area contributed by atoms with E-state index < -0.39 is 0 Å². The molecule has 8 nitrogen and oxygen atoms in total. The van der Waals surface area contributed by atoms with Crippen LogP contribution in [0.25, 0.3) is 22.3 Å². The van der Waals surface area contributed by atoms with Crippen molar-refractivity contribution in [1.82, 2.24) is 19.9 Å². The first kappa shape index (κ1) is 25.3. The van der Waals surface area contributed by atoms with Gasteiger partial charge in [0, 0.05) is 31.1 Å². The Kier molecular flexibility index (Phi) is 7.73. The molecule has 37 heavy (non-hydrogen) atoms. The molecule has 1 amide bonds. The fraction of sp³-hybridized carbons (Fsp3) is 0.321. The van der Waals surface area contributed by atoms with Gasteiger partial charge in [0.25, 0.3) is 5.91 Å². The van der Waals surface area contributed by atoms with Gasteiger partial charge in [0.15, 0.2) is 0 Å². The normalized spacial score (nSPS) is 15.6. The summed E-state index contributed by atoms with van der Waals surface area (Å²) in [6, 6.07) is 20.0. The molecule has 192 valence electrons. The highest BCUT2D eigenvalue weighted by Gasteiger charge is 2.22. The lowest BCUT2D eigenvalue weighted by Gasteiger charge is -2.29. The standard InChI is InChI=1S/C28H31N5O3S/c1-32(17-20-18-35-14-15-36-20)27-22(12-13-23(31-27)19-8-10-21(37-3)11-9-19)28(34)29-16-26-30-24-6-4-5-7-25(24)33(26)2/h4-13,20H,14-18H2,1-3H3,(H,29,34). The molecule has 1 aliphatic rings. The first-order chi connectivity index (χ1) is 18.0. The lowest BCUT2D eigenvalue weighted by molar-refractivity contribution is -0.0837. The predicted octanol–water partition coefficient (Wildman–Crippen LogP) is 4.14. The summed E-state index contributed by atoms with van der Waals surface area (Å²) in [5, 5.41) is 3.04. The Bertz CT molecular complexity index is 1380. The maximum absolute atomic E-state index is 13.4. The third-order valence-electron chi connectivity index (χ3n) is 6.52. The molecule has 3 heterocycles. The largest absolute Gasteiger partial charge is 0.376 e. The SMILES string of the molecule is CSc1ccc(-c2ccc(C(=O)NCc3nc4ccccc4n3C)c(N(C)CC3COCCO3)n2)cc1. The van der Waals surface area contributed by atoms with E-state index in [1.54, 1.807) is 11.8 Å². The number of amides is 1. The van der Waals surface area contributed by atoms with E-state index in [9.17, 15) is 4.79 Å². The fourth-order valence-electron chi connectivity index (χ4n) is 4.48. The third kappa shape index (κ3) is 5.64. The molecule has 0 aliphatic carbocycles. The Hall–Kier alpha value is -3.40. The van der Waals surface area contributed by atoms with E-state index in [2.05, 4.69) is 40.8 Å². The summed E-state index contributed by atoms with van der Waals surface area (Å²) in [5.74, 6) is 1.19. The van der Waals surface area contributed by atoms with Gasteiger partial charge < -0.3 is 24.3 Å². The summed E-state index contributed by atoms with van der Waals surface area (Å²) in [5.41, 5.74) is 4.24. The smallest absolute Gasteiger partial charge is 0.255 e. The number of nitrogens with zero attached hydrogens (tertiary/aromatic N) is 4. The maximum atomic E-state index is 13.4. The van der Waals surface area contributed by atoms with Gasteiger partial charge in [0.05, 0.1) is 54.8 Å². The number of likely N-dealkylation sites (N-methyl/N-ethyl adjacent to an activating group) is 1. The number of pyridine rings is 1. The molecule has 0 radical (unpaired) electrons. The number of para-hydroxylation sites is 2. The summed E-state index contributed by atoms with van der Waals surface area (Å²) in [6.07, 6.45) is 1.97. The van der Waals surface area contributed by atoms with Crippen molar-refractivity contribution in [3.8, 4) is 11.3 Å². The summed E-state index contributed by atoms with van der Waals surface area (Å²) in [7, 11) is 3.89. The van der Waals surface area contributed by atoms with Gasteiger partial charge >= 0.3 is 0 Å². The average molecular weight is 518 g/mol. The molecule has 0 bridgehead atoms. The fourth-order valence-corrected chi connectivity index (χ4v) is 4.89. The van der Waals surface area contributed by atoms with Crippen molar-refractivity contribution in [2.45, 2.75) is 17.5 Å². The summed E-state index contributed by atoms with van der Waals surface area (Å²) >= 11 is 1.70. The first-order valence-electron chi connectivity index (χ1n) is 12.3. The first-order valence-corrected chi connectivity index (χ1v) is 13.5. The lowest BCUT2D eigenvalue weighted by atomic mass is 10.1. The van der Waals surface area contributed by atoms with Crippen LogP contribution in [0.15, 0.2) is 65.6 Å². The van der Waals surface area contributed by atoms with Crippen LogP contribution < -0.4 is 10.2 Å². The molecule has 2 aromatic heterocycles. The van der Waals surface area contributed by atoms with Crippen molar-refractivity contribution in [3.63, 3.8) is 0 Å². The van der Waals surface area contributed by atoms with Gasteiger partial charge in [-0.3, -0.25) is 4.79 Å². The molecule has 1 aliphatic heterocycles. The zero-order valence-corrected chi connectivity index (χ0v) is 22.1. The number of benzene rings is 2. The summed E-state index contributed by atoms with van der Waals surface area (Å²) in [4.78, 5) is 26.2. The second-order valence-electron chi connectivity index (χ2n) is 9.00. The summed E-state index contributed by atoms with van der Waals surface area (Å²) in [6.45, 7) is 2.57. The van der Waals surface area contributed by atoms with E-state index in [1.165, 1.54) is 4.90 Å². The number of fused-ring (bicyclic) bond motifs is 1. The van der Waals surface area contributed by atoms with Crippen LogP contribution in [0, 0.1) is 0 Å². The monoisotopic (exact) mass is 517 g/mol. The Balaban J connectivity index is 1.41. The highest BCUT2D eigenvalue weighted by atomic mass is 32.2. The zero-order chi connectivity index (χ0) is 25.8. The van der Waals surface area contributed by atoms with Crippen molar-refractivity contribution < 1.29 is 14.3 Å². The molecule has 2 aromatic carbocycles. The number of aryl methyl sites for hydroxylation is 1. The van der Waals surface area contributed by atoms with Crippen molar-refractivity contribution in [1.29, 1.82) is 0 Å². The Morgan fingerprint density at radius 1 is 1.11 bits per heavy atom. The van der Waals surface area contributed by atoms with Crippen molar-refractivity contribution in [2.24, 2.45) is 7.05 Å². The van der Waals surface area contributed by atoms with Gasteiger partial charge in [-0.05, 0) is 42.7 Å². The second kappa shape index (κ2) is 11.3. The number of carbonyl (C=O) groups is 1. The molecule has 5 rings (SSSR count). The molecule has 1 N–H and O–H groups in total. The predicted molar refractivity (Wildman–Crippen MR) is 147 cm³/mol. The molecule has 1 atom stereocenters. The zero-order valence-electron chi connectivity index (χ0n) is 21.3. The summed E-state index contributed by atoms with van der Waals surface area (Å²) < 4.78 is 13.4. The number of imidazole rings is 1. The molecule has 9 heteroatoms. The number of carbonyl (C=O) groups excluding carboxylic acids is 1. The van der Waals surface area contributed by atoms with E-state index >= 15 is 0 Å². The minimum absolute atomic E-state index is 0.0824. The number of thioether (sulfide) groups is 1. The van der Waals surface area contributed by atoms with Crippen LogP contribution in [0.1, 0.15) is 16.2 Å². The van der Waals surface area contributed by atoms with Crippen molar-refractivity contribution in [3.05, 3.63) is 72.1 Å². The van der Waals surface area contributed by atoms with E-state index in [1.807, 2.05) is 60.0 Å². The number of anilines is 1. The van der Waals surface area contributed by atoms with Crippen molar-refractivity contribution in [2.75, 3.05) is 44.6 Å². The van der Waals surface area contributed by atoms with Gasteiger partial charge in [-0.1, -0.05) is 24.3 Å². The minimum Gasteiger partial charge on any atom is -0.376 e. The number of hydrogen-bond donors (Lipinski definition) is 1. The topological polar surface area (TPSA) is 81.5 Å². The average Bonchev–Trinajstić information content (AvgIpc) is 3.27. The molecular weight excluding hydrogens is 486 g/mol. The van der Waals surface area contributed by atoms with Crippen LogP contribution in [0.5, 0.6) is 0 Å². The number of hydrogen-bond acceptors (Lipinski definition) is 7. The number of ether oxygens (including phenoxy) is 2. The molecule has 1 fully saturated rings. The lowest BCUT2D eigenvalue weighted by Crippen LogP contribution is -2.39. The highest BCUT2D eigenvalue weighted by molar-refractivity contribution is 7.98. The van der Waals surface area contributed by atoms with Crippen LogP contribution in [-0.4, -0.2) is 66.2 Å². The molecule has 0 spiro atoms. The van der Waals surface area contributed by atoms with Gasteiger partial charge in [-0.15, -0.1) is 11.8 Å². The van der Waals surface area contributed by atoms with Crippen molar-refractivity contribution >= 4 is 34.5 Å². The Morgan fingerprint density at radius 3 is 2.65 bits per heavy atom. The van der Waals surface area contributed by atoms with Crippen LogP contribution in [0.3, 0.4) is 0 Å². The molecule has 0 saturated carbocycles. The third-order valence-corrected chi connectivity index (χ3v) is 7.26. The maximum Gasteiger partial charge on any atom is 0.255 e. The quantitative estimate of drug-likeness (QED) is 0.352. The highest BCUT2D eigenvalue weighted by Crippen LogP contribution is 2.26. The van der Waals surface area contributed by atoms with Gasteiger partial charge in [0.2, 0.25) is 0 Å². The van der Waals surface area contributed by atoms with Gasteiger partial charge in [0.1, 0.15) is 11.6 Å².